The van der Waals surface area contributed by atoms with Crippen molar-refractivity contribution in [1.82, 2.24) is 9.88 Å². The Balaban J connectivity index is 1.72. The summed E-state index contributed by atoms with van der Waals surface area (Å²) in [6.07, 6.45) is 1.20. The van der Waals surface area contributed by atoms with Crippen LogP contribution in [-0.4, -0.2) is 29.0 Å². The van der Waals surface area contributed by atoms with Gasteiger partial charge in [-0.25, -0.2) is 4.98 Å². The Hall–Kier alpha value is -0.970. The van der Waals surface area contributed by atoms with Gasteiger partial charge < -0.3 is 5.73 Å². The summed E-state index contributed by atoms with van der Waals surface area (Å²) in [5.41, 5.74) is 7.26. The van der Waals surface area contributed by atoms with Crippen LogP contribution in [0.25, 0.3) is 10.2 Å². The molecule has 0 radical (unpaired) electrons. The fourth-order valence-corrected chi connectivity index (χ4v) is 3.50. The quantitative estimate of drug-likeness (QED) is 0.903. The second kappa shape index (κ2) is 4.96. The van der Waals surface area contributed by atoms with Crippen LogP contribution in [0.15, 0.2) is 24.3 Å². The maximum absolute atomic E-state index is 6.14. The van der Waals surface area contributed by atoms with E-state index in [1.54, 1.807) is 11.3 Å². The summed E-state index contributed by atoms with van der Waals surface area (Å²) >= 11 is 1.80. The molecule has 0 bridgehead atoms. The number of rotatable bonds is 2. The van der Waals surface area contributed by atoms with Gasteiger partial charge in [0.15, 0.2) is 0 Å². The maximum atomic E-state index is 6.14. The van der Waals surface area contributed by atoms with Gasteiger partial charge in [0.2, 0.25) is 0 Å². The van der Waals surface area contributed by atoms with Crippen molar-refractivity contribution in [1.29, 1.82) is 0 Å². The molecular formula is C14H19N3S. The monoisotopic (exact) mass is 261 g/mol. The Morgan fingerprint density at radius 3 is 3.06 bits per heavy atom. The molecule has 1 aromatic carbocycles. The van der Waals surface area contributed by atoms with Crippen molar-refractivity contribution in [3.05, 3.63) is 29.3 Å². The molecule has 3 nitrogen and oxygen atoms in total. The molecule has 0 aliphatic carbocycles. The minimum absolute atomic E-state index is 0.313. The number of aromatic nitrogens is 1. The highest BCUT2D eigenvalue weighted by Crippen LogP contribution is 2.24. The third kappa shape index (κ3) is 2.41. The van der Waals surface area contributed by atoms with E-state index in [4.69, 9.17) is 5.73 Å². The van der Waals surface area contributed by atoms with E-state index >= 15 is 0 Å². The summed E-state index contributed by atoms with van der Waals surface area (Å²) in [6, 6.07) is 8.65. The van der Waals surface area contributed by atoms with Crippen molar-refractivity contribution in [2.45, 2.75) is 25.9 Å². The third-order valence-corrected chi connectivity index (χ3v) is 4.82. The topological polar surface area (TPSA) is 42.2 Å². The number of para-hydroxylation sites is 1. The standard InChI is InChI=1S/C14H19N3S/c1-10-6-7-17(8-11(10)15)9-14-16-12-4-2-3-5-13(12)18-14/h2-5,10-11H,6-9,15H2,1H3. The second-order valence-corrected chi connectivity index (χ2v) is 6.36. The predicted molar refractivity (Wildman–Crippen MR) is 76.7 cm³/mol. The van der Waals surface area contributed by atoms with Crippen molar-refractivity contribution in [2.24, 2.45) is 11.7 Å². The summed E-state index contributed by atoms with van der Waals surface area (Å²) in [7, 11) is 0. The Labute approximate surface area is 112 Å². The molecule has 4 heteroatoms. The van der Waals surface area contributed by atoms with Gasteiger partial charge in [-0.1, -0.05) is 19.1 Å². The summed E-state index contributed by atoms with van der Waals surface area (Å²) in [4.78, 5) is 7.12. The molecule has 96 valence electrons. The average Bonchev–Trinajstić information content (AvgIpc) is 2.76. The molecule has 1 aliphatic heterocycles. The smallest absolute Gasteiger partial charge is 0.108 e. The van der Waals surface area contributed by atoms with Crippen molar-refractivity contribution in [2.75, 3.05) is 13.1 Å². The molecule has 0 saturated carbocycles. The molecule has 2 unspecified atom stereocenters. The first kappa shape index (κ1) is 12.1. The summed E-state index contributed by atoms with van der Waals surface area (Å²) in [5.74, 6) is 0.650. The van der Waals surface area contributed by atoms with Crippen molar-refractivity contribution >= 4 is 21.6 Å². The van der Waals surface area contributed by atoms with Crippen molar-refractivity contribution in [3.8, 4) is 0 Å². The van der Waals surface area contributed by atoms with Gasteiger partial charge in [0.1, 0.15) is 5.01 Å². The number of likely N-dealkylation sites (tertiary alicyclic amines) is 1. The lowest BCUT2D eigenvalue weighted by Gasteiger charge is -2.34. The molecule has 18 heavy (non-hydrogen) atoms. The van der Waals surface area contributed by atoms with Crippen LogP contribution in [0, 0.1) is 5.92 Å². The van der Waals surface area contributed by atoms with E-state index in [0.717, 1.165) is 25.2 Å². The zero-order valence-electron chi connectivity index (χ0n) is 10.7. The maximum Gasteiger partial charge on any atom is 0.108 e. The molecule has 2 heterocycles. The average molecular weight is 261 g/mol. The van der Waals surface area contributed by atoms with Crippen molar-refractivity contribution in [3.63, 3.8) is 0 Å². The van der Waals surface area contributed by atoms with E-state index in [1.165, 1.54) is 16.1 Å². The number of nitrogens with two attached hydrogens (primary N) is 1. The molecule has 1 saturated heterocycles. The Bertz CT molecular complexity index is 504. The molecule has 3 rings (SSSR count). The number of hydrogen-bond acceptors (Lipinski definition) is 4. The Morgan fingerprint density at radius 1 is 1.44 bits per heavy atom. The number of thiazole rings is 1. The molecule has 1 aliphatic rings. The summed E-state index contributed by atoms with van der Waals surface area (Å²) in [6.45, 7) is 5.33. The van der Waals surface area contributed by atoms with Crippen LogP contribution in [0.3, 0.4) is 0 Å². The molecular weight excluding hydrogens is 242 g/mol. The number of hydrogen-bond donors (Lipinski definition) is 1. The normalized spacial score (nSPS) is 25.7. The molecule has 2 atom stereocenters. The van der Waals surface area contributed by atoms with Crippen LogP contribution in [-0.2, 0) is 6.54 Å². The van der Waals surface area contributed by atoms with Crippen molar-refractivity contribution < 1.29 is 0 Å². The predicted octanol–water partition coefficient (Wildman–Crippen LogP) is 2.47. The minimum atomic E-state index is 0.313. The van der Waals surface area contributed by atoms with Gasteiger partial charge in [-0.2, -0.15) is 0 Å². The number of nitrogens with zero attached hydrogens (tertiary/aromatic N) is 2. The number of piperidine rings is 1. The van der Waals surface area contributed by atoms with Crippen LogP contribution in [0.5, 0.6) is 0 Å². The van der Waals surface area contributed by atoms with E-state index < -0.39 is 0 Å². The molecule has 2 aromatic rings. The molecule has 1 fully saturated rings. The van der Waals surface area contributed by atoms with Gasteiger partial charge >= 0.3 is 0 Å². The van der Waals surface area contributed by atoms with Gasteiger partial charge in [0, 0.05) is 12.6 Å². The largest absolute Gasteiger partial charge is 0.326 e. The zero-order valence-corrected chi connectivity index (χ0v) is 11.5. The van der Waals surface area contributed by atoms with Crippen LogP contribution >= 0.6 is 11.3 Å². The van der Waals surface area contributed by atoms with Gasteiger partial charge in [0.05, 0.1) is 16.8 Å². The highest BCUT2D eigenvalue weighted by atomic mass is 32.1. The number of benzene rings is 1. The minimum Gasteiger partial charge on any atom is -0.326 e. The molecule has 0 amide bonds. The van der Waals surface area contributed by atoms with Gasteiger partial charge in [-0.3, -0.25) is 4.90 Å². The highest BCUT2D eigenvalue weighted by molar-refractivity contribution is 7.18. The lowest BCUT2D eigenvalue weighted by molar-refractivity contribution is 0.162. The Kier molecular flexibility index (Phi) is 3.33. The lowest BCUT2D eigenvalue weighted by atomic mass is 9.94. The first-order valence-corrected chi connectivity index (χ1v) is 7.36. The van der Waals surface area contributed by atoms with E-state index in [2.05, 4.69) is 35.0 Å². The van der Waals surface area contributed by atoms with E-state index in [1.807, 2.05) is 6.07 Å². The van der Waals surface area contributed by atoms with Crippen LogP contribution < -0.4 is 5.73 Å². The fourth-order valence-electron chi connectivity index (χ4n) is 2.49. The molecule has 1 aromatic heterocycles. The van der Waals surface area contributed by atoms with E-state index in [-0.39, 0.29) is 0 Å². The molecule has 0 spiro atoms. The van der Waals surface area contributed by atoms with E-state index in [0.29, 0.717) is 12.0 Å². The van der Waals surface area contributed by atoms with Crippen LogP contribution in [0.2, 0.25) is 0 Å². The van der Waals surface area contributed by atoms with Gasteiger partial charge in [-0.05, 0) is 31.0 Å². The SMILES string of the molecule is CC1CCN(Cc2nc3ccccc3s2)CC1N. The van der Waals surface area contributed by atoms with E-state index in [9.17, 15) is 0 Å². The van der Waals surface area contributed by atoms with Gasteiger partial charge in [-0.15, -0.1) is 11.3 Å². The summed E-state index contributed by atoms with van der Waals surface area (Å²) < 4.78 is 1.28. The first-order chi connectivity index (χ1) is 8.72. The lowest BCUT2D eigenvalue weighted by Crippen LogP contribution is -2.47. The zero-order chi connectivity index (χ0) is 12.5. The second-order valence-electron chi connectivity index (χ2n) is 5.24. The van der Waals surface area contributed by atoms with Crippen LogP contribution in [0.1, 0.15) is 18.4 Å². The third-order valence-electron chi connectivity index (χ3n) is 3.80. The fraction of sp³-hybridized carbons (Fsp3) is 0.500. The summed E-state index contributed by atoms with van der Waals surface area (Å²) in [5, 5.41) is 1.21. The Morgan fingerprint density at radius 2 is 2.28 bits per heavy atom. The molecule has 2 N–H and O–H groups in total. The van der Waals surface area contributed by atoms with Crippen LogP contribution in [0.4, 0.5) is 0 Å². The highest BCUT2D eigenvalue weighted by Gasteiger charge is 2.23. The number of fused-ring (bicyclic) bond motifs is 1. The first-order valence-electron chi connectivity index (χ1n) is 6.55. The van der Waals surface area contributed by atoms with Gasteiger partial charge in [0.25, 0.3) is 0 Å².